The summed E-state index contributed by atoms with van der Waals surface area (Å²) in [6.07, 6.45) is 1.27. The fourth-order valence-corrected chi connectivity index (χ4v) is 3.49. The van der Waals surface area contributed by atoms with Crippen LogP contribution in [0.15, 0.2) is 97.1 Å². The molecule has 0 aliphatic heterocycles. The van der Waals surface area contributed by atoms with E-state index in [-0.39, 0.29) is 23.6 Å². The third kappa shape index (κ3) is 9.17. The summed E-state index contributed by atoms with van der Waals surface area (Å²) in [5, 5.41) is 3.05. The van der Waals surface area contributed by atoms with Crippen LogP contribution in [0.2, 0.25) is 0 Å². The molecule has 3 rings (SSSR count). The molecule has 37 heavy (non-hydrogen) atoms. The lowest BCUT2D eigenvalue weighted by atomic mass is 9.80. The molecular weight excluding hydrogens is 457 g/mol. The van der Waals surface area contributed by atoms with Gasteiger partial charge < -0.3 is 5.32 Å². The predicted molar refractivity (Wildman–Crippen MR) is 158 cm³/mol. The first-order chi connectivity index (χ1) is 17.4. The van der Waals surface area contributed by atoms with Crippen molar-refractivity contribution in [1.82, 2.24) is 0 Å². The number of anilines is 1. The van der Waals surface area contributed by atoms with Crippen molar-refractivity contribution < 1.29 is 9.18 Å². The van der Waals surface area contributed by atoms with E-state index in [0.717, 1.165) is 22.4 Å². The molecule has 0 radical (unpaired) electrons. The average Bonchev–Trinajstić information content (AvgIpc) is 2.87. The van der Waals surface area contributed by atoms with Gasteiger partial charge in [0.25, 0.3) is 5.91 Å². The van der Waals surface area contributed by atoms with Gasteiger partial charge in [0.05, 0.1) is 0 Å². The number of halogens is 1. The lowest BCUT2D eigenvalue weighted by molar-refractivity contribution is -0.113. The van der Waals surface area contributed by atoms with Crippen LogP contribution in [-0.4, -0.2) is 5.91 Å². The fraction of sp³-hybridized carbons (Fsp3) is 0.324. The first-order valence-electron chi connectivity index (χ1n) is 13.1. The average molecular weight is 500 g/mol. The van der Waals surface area contributed by atoms with Crippen molar-refractivity contribution in [1.29, 1.82) is 0 Å². The van der Waals surface area contributed by atoms with Crippen LogP contribution in [-0.2, 0) is 4.79 Å². The van der Waals surface area contributed by atoms with Crippen molar-refractivity contribution in [3.63, 3.8) is 0 Å². The number of carbonyl (C=O) groups is 1. The highest BCUT2D eigenvalue weighted by molar-refractivity contribution is 6.18. The van der Waals surface area contributed by atoms with E-state index < -0.39 is 0 Å². The van der Waals surface area contributed by atoms with Crippen molar-refractivity contribution >= 4 is 22.7 Å². The Morgan fingerprint density at radius 1 is 0.838 bits per heavy atom. The van der Waals surface area contributed by atoms with Gasteiger partial charge in [0, 0.05) is 11.3 Å². The van der Waals surface area contributed by atoms with Gasteiger partial charge >= 0.3 is 0 Å². The van der Waals surface area contributed by atoms with Gasteiger partial charge in [-0.25, -0.2) is 4.39 Å². The highest BCUT2D eigenvalue weighted by atomic mass is 19.1. The molecule has 1 atom stereocenters. The molecule has 0 spiro atoms. The van der Waals surface area contributed by atoms with Crippen molar-refractivity contribution in [3.8, 4) is 0 Å². The number of amides is 1. The van der Waals surface area contributed by atoms with Crippen molar-refractivity contribution in [3.05, 3.63) is 114 Å². The second-order valence-corrected chi connectivity index (χ2v) is 10.9. The molecule has 3 heteroatoms. The molecule has 3 aromatic carbocycles. The van der Waals surface area contributed by atoms with Crippen molar-refractivity contribution in [2.75, 3.05) is 5.32 Å². The highest BCUT2D eigenvalue weighted by Gasteiger charge is 2.26. The van der Waals surface area contributed by atoms with Gasteiger partial charge in [-0.2, -0.15) is 0 Å². The highest BCUT2D eigenvalue weighted by Crippen LogP contribution is 2.38. The minimum Gasteiger partial charge on any atom is -0.322 e. The molecule has 0 saturated carbocycles. The molecule has 0 aromatic heterocycles. The summed E-state index contributed by atoms with van der Waals surface area (Å²) in [4.78, 5) is 13.6. The van der Waals surface area contributed by atoms with Crippen LogP contribution in [0, 0.1) is 23.1 Å². The molecule has 0 saturated heterocycles. The summed E-state index contributed by atoms with van der Waals surface area (Å²) in [5.41, 5.74) is 5.10. The number of hydrogen-bond acceptors (Lipinski definition) is 1. The van der Waals surface area contributed by atoms with E-state index >= 15 is 0 Å². The molecule has 1 amide bonds. The molecule has 0 heterocycles. The maximum Gasteiger partial charge on any atom is 0.252 e. The lowest BCUT2D eigenvalue weighted by Gasteiger charge is -2.25. The number of para-hydroxylation sites is 1. The van der Waals surface area contributed by atoms with Gasteiger partial charge in [0.2, 0.25) is 0 Å². The predicted octanol–water partition coefficient (Wildman–Crippen LogP) is 9.67. The summed E-state index contributed by atoms with van der Waals surface area (Å²) in [7, 11) is 0. The van der Waals surface area contributed by atoms with Gasteiger partial charge in [-0.3, -0.25) is 4.79 Å². The smallest absolute Gasteiger partial charge is 0.252 e. The summed E-state index contributed by atoms with van der Waals surface area (Å²) in [6, 6.07) is 25.4. The Morgan fingerprint density at radius 2 is 1.32 bits per heavy atom. The monoisotopic (exact) mass is 499 g/mol. The quantitative estimate of drug-likeness (QED) is 0.254. The molecule has 0 aliphatic rings. The number of rotatable bonds is 7. The molecular formula is C34H42FNO. The van der Waals surface area contributed by atoms with E-state index in [1.807, 2.05) is 60.7 Å². The maximum absolute atomic E-state index is 13.6. The second-order valence-electron chi connectivity index (χ2n) is 10.9. The molecule has 1 unspecified atom stereocenters. The van der Waals surface area contributed by atoms with Crippen LogP contribution >= 0.6 is 0 Å². The van der Waals surface area contributed by atoms with Gasteiger partial charge in [-0.1, -0.05) is 122 Å². The van der Waals surface area contributed by atoms with Gasteiger partial charge in [-0.05, 0) is 63.8 Å². The van der Waals surface area contributed by atoms with E-state index in [0.29, 0.717) is 16.6 Å². The molecule has 1 N–H and O–H groups in total. The minimum absolute atomic E-state index is 0.0314. The third-order valence-corrected chi connectivity index (χ3v) is 6.62. The maximum atomic E-state index is 13.6. The zero-order valence-corrected chi connectivity index (χ0v) is 23.4. The Bertz CT molecular complexity index is 1170. The van der Waals surface area contributed by atoms with E-state index in [1.54, 1.807) is 12.1 Å². The topological polar surface area (TPSA) is 29.1 Å². The Labute approximate surface area is 223 Å². The molecule has 2 nitrogen and oxygen atoms in total. The number of carbonyl (C=O) groups excluding carboxylic acids is 1. The van der Waals surface area contributed by atoms with Crippen molar-refractivity contribution in [2.45, 2.75) is 54.9 Å². The zero-order chi connectivity index (χ0) is 27.6. The van der Waals surface area contributed by atoms with Crippen LogP contribution in [0.3, 0.4) is 0 Å². The normalized spacial score (nSPS) is 12.7. The van der Waals surface area contributed by atoms with E-state index in [4.69, 9.17) is 0 Å². The van der Waals surface area contributed by atoms with Gasteiger partial charge in [0.1, 0.15) is 5.82 Å². The van der Waals surface area contributed by atoms with E-state index in [2.05, 4.69) is 60.4 Å². The zero-order valence-electron chi connectivity index (χ0n) is 23.4. The second kappa shape index (κ2) is 13.7. The van der Waals surface area contributed by atoms with Gasteiger partial charge in [0.15, 0.2) is 0 Å². The Balaban J connectivity index is 0.000000717. The van der Waals surface area contributed by atoms with Gasteiger partial charge in [-0.15, -0.1) is 0 Å². The molecule has 0 aliphatic carbocycles. The molecule has 0 fully saturated rings. The first-order valence-corrected chi connectivity index (χ1v) is 13.1. The lowest BCUT2D eigenvalue weighted by Crippen LogP contribution is -2.24. The van der Waals surface area contributed by atoms with Crippen LogP contribution in [0.4, 0.5) is 10.1 Å². The first kappa shape index (κ1) is 29.8. The largest absolute Gasteiger partial charge is 0.322 e. The SMILES string of the molecule is C=C(/C(=C(/C(=O)Nc1ccccc1)C(C)C(C)C)c1ccccc1)c1ccc(F)cc1.CCC(C)(C)C. The van der Waals surface area contributed by atoms with E-state index in [1.165, 1.54) is 18.6 Å². The third-order valence-electron chi connectivity index (χ3n) is 6.62. The Kier molecular flexibility index (Phi) is 11.1. The Morgan fingerprint density at radius 3 is 1.78 bits per heavy atom. The minimum atomic E-state index is -0.306. The number of nitrogens with one attached hydrogen (secondary N) is 1. The van der Waals surface area contributed by atoms with Crippen LogP contribution < -0.4 is 5.32 Å². The van der Waals surface area contributed by atoms with Crippen LogP contribution in [0.1, 0.15) is 66.0 Å². The van der Waals surface area contributed by atoms with E-state index in [9.17, 15) is 9.18 Å². The molecule has 196 valence electrons. The summed E-state index contributed by atoms with van der Waals surface area (Å²) >= 11 is 0. The number of hydrogen-bond donors (Lipinski definition) is 1. The summed E-state index contributed by atoms with van der Waals surface area (Å²) in [6.45, 7) is 19.5. The fourth-order valence-electron chi connectivity index (χ4n) is 3.49. The molecule has 0 bridgehead atoms. The summed E-state index contributed by atoms with van der Waals surface area (Å²) < 4.78 is 13.5. The number of benzene rings is 3. The Hall–Kier alpha value is -3.46. The standard InChI is InChI=1S/C28H28FNO.C6H14/c1-19(2)20(3)27(28(31)30-25-13-9-6-10-14-25)26(23-11-7-5-8-12-23)21(4)22-15-17-24(29)18-16-22;1-5-6(2,3)4/h5-20H,4H2,1-3H3,(H,30,31);5H2,1-4H3/b27-26-;. The number of allylic oxidation sites excluding steroid dienone is 2. The van der Waals surface area contributed by atoms with Crippen LogP contribution in [0.25, 0.3) is 11.1 Å². The van der Waals surface area contributed by atoms with Crippen molar-refractivity contribution in [2.24, 2.45) is 17.3 Å². The molecule has 3 aromatic rings. The van der Waals surface area contributed by atoms with Crippen LogP contribution in [0.5, 0.6) is 0 Å². The summed E-state index contributed by atoms with van der Waals surface area (Å²) in [5.74, 6) is -0.263.